The Labute approximate surface area is 258 Å². The largest absolute Gasteiger partial charge is 0.528 e. The highest BCUT2D eigenvalue weighted by molar-refractivity contribution is 9.08. The standard InChI is InChI=1S/C34H42BrNO6/c1-34(2,3)41-33(37)42-36-18-17-31(32(23-36)40-25-28-12-7-11-27(21-28)22-35)29-13-15-30(16-14-29)39-20-8-19-38-24-26-9-5-4-6-10-26/h4-7,9-16,21,31-32H,8,17-20,22-25H2,1-3H3. The number of carbonyl (C=O) groups is 1. The molecule has 1 aliphatic heterocycles. The Balaban J connectivity index is 1.31. The topological polar surface area (TPSA) is 66.5 Å². The van der Waals surface area contributed by atoms with E-state index in [1.165, 1.54) is 16.7 Å². The summed E-state index contributed by atoms with van der Waals surface area (Å²) >= 11 is 3.53. The van der Waals surface area contributed by atoms with Gasteiger partial charge in [-0.2, -0.15) is 0 Å². The van der Waals surface area contributed by atoms with Crippen molar-refractivity contribution < 1.29 is 28.6 Å². The summed E-state index contributed by atoms with van der Waals surface area (Å²) in [5.74, 6) is 0.972. The van der Waals surface area contributed by atoms with Crippen LogP contribution in [0.5, 0.6) is 5.75 Å². The van der Waals surface area contributed by atoms with E-state index in [4.69, 9.17) is 23.8 Å². The summed E-state index contributed by atoms with van der Waals surface area (Å²) < 4.78 is 23.6. The molecule has 1 fully saturated rings. The molecule has 4 rings (SSSR count). The Hall–Kier alpha value is -2.91. The number of alkyl halides is 1. The molecule has 0 spiro atoms. The van der Waals surface area contributed by atoms with Gasteiger partial charge in [0.1, 0.15) is 11.4 Å². The number of nitrogens with zero attached hydrogens (tertiary/aromatic N) is 1. The second kappa shape index (κ2) is 16.1. The van der Waals surface area contributed by atoms with Gasteiger partial charge in [-0.25, -0.2) is 4.79 Å². The molecule has 1 aliphatic rings. The molecule has 1 saturated heterocycles. The van der Waals surface area contributed by atoms with Crippen LogP contribution in [0.1, 0.15) is 61.8 Å². The predicted molar refractivity (Wildman–Crippen MR) is 167 cm³/mol. The maximum Gasteiger partial charge on any atom is 0.528 e. The third kappa shape index (κ3) is 10.7. The summed E-state index contributed by atoms with van der Waals surface area (Å²) in [7, 11) is 0. The summed E-state index contributed by atoms with van der Waals surface area (Å²) in [5, 5.41) is 2.45. The van der Waals surface area contributed by atoms with Crippen molar-refractivity contribution in [2.45, 2.75) is 69.8 Å². The van der Waals surface area contributed by atoms with Crippen molar-refractivity contribution in [3.63, 3.8) is 0 Å². The number of piperidine rings is 1. The average Bonchev–Trinajstić information content (AvgIpc) is 2.98. The van der Waals surface area contributed by atoms with Crippen molar-refractivity contribution in [1.29, 1.82) is 0 Å². The zero-order valence-electron chi connectivity index (χ0n) is 24.8. The van der Waals surface area contributed by atoms with Gasteiger partial charge in [0.2, 0.25) is 0 Å². The molecule has 0 aromatic heterocycles. The lowest BCUT2D eigenvalue weighted by Gasteiger charge is -2.37. The first-order chi connectivity index (χ1) is 20.3. The lowest BCUT2D eigenvalue weighted by molar-refractivity contribution is -0.179. The molecule has 0 amide bonds. The van der Waals surface area contributed by atoms with E-state index < -0.39 is 11.8 Å². The maximum atomic E-state index is 12.3. The van der Waals surface area contributed by atoms with Crippen molar-refractivity contribution in [1.82, 2.24) is 5.06 Å². The average molecular weight is 641 g/mol. The first-order valence-electron chi connectivity index (χ1n) is 14.5. The molecule has 3 aromatic rings. The summed E-state index contributed by atoms with van der Waals surface area (Å²) in [6.07, 6.45) is 0.712. The second-order valence-electron chi connectivity index (χ2n) is 11.5. The Morgan fingerprint density at radius 2 is 1.64 bits per heavy atom. The number of rotatable bonds is 13. The van der Waals surface area contributed by atoms with E-state index in [0.717, 1.165) is 29.5 Å². The van der Waals surface area contributed by atoms with Gasteiger partial charge in [-0.1, -0.05) is 82.7 Å². The first-order valence-corrected chi connectivity index (χ1v) is 15.7. The number of halogens is 1. The van der Waals surface area contributed by atoms with Gasteiger partial charge in [-0.3, -0.25) is 0 Å². The molecule has 0 saturated carbocycles. The SMILES string of the molecule is CC(C)(C)OC(=O)ON1CCC(c2ccc(OCCCOCc3ccccc3)cc2)C(OCc2cccc(CBr)c2)C1. The molecule has 3 aromatic carbocycles. The molecule has 0 N–H and O–H groups in total. The van der Waals surface area contributed by atoms with Crippen LogP contribution in [0.2, 0.25) is 0 Å². The van der Waals surface area contributed by atoms with E-state index in [9.17, 15) is 4.79 Å². The summed E-state index contributed by atoms with van der Waals surface area (Å²) in [6, 6.07) is 26.7. The third-order valence-electron chi connectivity index (χ3n) is 6.85. The van der Waals surface area contributed by atoms with Crippen LogP contribution in [-0.4, -0.2) is 49.2 Å². The highest BCUT2D eigenvalue weighted by Crippen LogP contribution is 2.32. The quantitative estimate of drug-likeness (QED) is 0.107. The number of ether oxygens (including phenoxy) is 4. The summed E-state index contributed by atoms with van der Waals surface area (Å²) in [5.41, 5.74) is 4.03. The Bertz CT molecular complexity index is 1230. The van der Waals surface area contributed by atoms with Crippen LogP contribution in [0.4, 0.5) is 4.79 Å². The fourth-order valence-corrected chi connectivity index (χ4v) is 5.18. The van der Waals surface area contributed by atoms with Crippen LogP contribution >= 0.6 is 15.9 Å². The van der Waals surface area contributed by atoms with Crippen molar-refractivity contribution in [2.75, 3.05) is 26.3 Å². The number of hydrogen-bond acceptors (Lipinski definition) is 7. The molecule has 8 heteroatoms. The summed E-state index contributed by atoms with van der Waals surface area (Å²) in [6.45, 7) is 8.82. The zero-order chi connectivity index (χ0) is 29.8. The lowest BCUT2D eigenvalue weighted by Crippen LogP contribution is -2.45. The molecule has 42 heavy (non-hydrogen) atoms. The number of hydrogen-bond donors (Lipinski definition) is 0. The molecule has 0 bridgehead atoms. The molecule has 0 aliphatic carbocycles. The predicted octanol–water partition coefficient (Wildman–Crippen LogP) is 7.81. The Kier molecular flexibility index (Phi) is 12.3. The van der Waals surface area contributed by atoms with Gasteiger partial charge >= 0.3 is 6.16 Å². The molecular formula is C34H42BrNO6. The number of carbonyl (C=O) groups excluding carboxylic acids is 1. The van der Waals surface area contributed by atoms with Gasteiger partial charge in [-0.05, 0) is 61.6 Å². The molecule has 0 radical (unpaired) electrons. The molecule has 2 unspecified atom stereocenters. The Morgan fingerprint density at radius 1 is 0.905 bits per heavy atom. The normalized spacial score (nSPS) is 17.5. The smallest absolute Gasteiger partial charge is 0.494 e. The van der Waals surface area contributed by atoms with Crippen molar-refractivity contribution in [3.05, 3.63) is 101 Å². The molecule has 226 valence electrons. The monoisotopic (exact) mass is 639 g/mol. The minimum Gasteiger partial charge on any atom is -0.494 e. The zero-order valence-corrected chi connectivity index (χ0v) is 26.4. The van der Waals surface area contributed by atoms with Gasteiger partial charge < -0.3 is 23.8 Å². The van der Waals surface area contributed by atoms with Gasteiger partial charge in [0.25, 0.3) is 0 Å². The summed E-state index contributed by atoms with van der Waals surface area (Å²) in [4.78, 5) is 17.9. The van der Waals surface area contributed by atoms with Crippen LogP contribution in [0, 0.1) is 0 Å². The van der Waals surface area contributed by atoms with Crippen molar-refractivity contribution in [2.24, 2.45) is 0 Å². The van der Waals surface area contributed by atoms with Gasteiger partial charge in [0.15, 0.2) is 0 Å². The second-order valence-corrected chi connectivity index (χ2v) is 12.0. The minimum absolute atomic E-state index is 0.142. The fraction of sp³-hybridized carbons (Fsp3) is 0.441. The fourth-order valence-electron chi connectivity index (χ4n) is 4.83. The molecular weight excluding hydrogens is 598 g/mol. The molecule has 7 nitrogen and oxygen atoms in total. The van der Waals surface area contributed by atoms with Crippen LogP contribution in [0.3, 0.4) is 0 Å². The van der Waals surface area contributed by atoms with E-state index in [1.807, 2.05) is 57.2 Å². The van der Waals surface area contributed by atoms with E-state index >= 15 is 0 Å². The van der Waals surface area contributed by atoms with E-state index in [0.29, 0.717) is 39.5 Å². The van der Waals surface area contributed by atoms with Crippen LogP contribution < -0.4 is 4.74 Å². The molecule has 1 heterocycles. The van der Waals surface area contributed by atoms with Crippen LogP contribution in [0.25, 0.3) is 0 Å². The maximum absolute atomic E-state index is 12.3. The first kappa shape index (κ1) is 32.0. The van der Waals surface area contributed by atoms with E-state index in [-0.39, 0.29) is 12.0 Å². The lowest BCUT2D eigenvalue weighted by atomic mass is 9.87. The van der Waals surface area contributed by atoms with Gasteiger partial charge in [0.05, 0.1) is 39.1 Å². The minimum atomic E-state index is -0.698. The van der Waals surface area contributed by atoms with Gasteiger partial charge in [-0.15, -0.1) is 5.06 Å². The van der Waals surface area contributed by atoms with Crippen LogP contribution in [-0.2, 0) is 37.6 Å². The van der Waals surface area contributed by atoms with E-state index in [2.05, 4.69) is 58.4 Å². The van der Waals surface area contributed by atoms with E-state index in [1.54, 1.807) is 5.06 Å². The Morgan fingerprint density at radius 3 is 2.38 bits per heavy atom. The van der Waals surface area contributed by atoms with Crippen molar-refractivity contribution in [3.8, 4) is 5.75 Å². The third-order valence-corrected chi connectivity index (χ3v) is 7.49. The van der Waals surface area contributed by atoms with Crippen molar-refractivity contribution >= 4 is 22.1 Å². The highest BCUT2D eigenvalue weighted by atomic mass is 79.9. The molecule has 2 atom stereocenters. The number of hydroxylamine groups is 2. The highest BCUT2D eigenvalue weighted by Gasteiger charge is 2.34. The van der Waals surface area contributed by atoms with Gasteiger partial charge in [0, 0.05) is 24.2 Å². The number of benzene rings is 3. The van der Waals surface area contributed by atoms with Crippen LogP contribution in [0.15, 0.2) is 78.9 Å².